The summed E-state index contributed by atoms with van der Waals surface area (Å²) in [6.07, 6.45) is 3.67. The molecule has 1 aromatic carbocycles. The van der Waals surface area contributed by atoms with Crippen LogP contribution in [0.4, 0.5) is 5.69 Å². The van der Waals surface area contributed by atoms with Crippen molar-refractivity contribution in [3.05, 3.63) is 47.0 Å². The monoisotopic (exact) mass is 337 g/mol. The molecular formula is C11H14BrCl2N3. The van der Waals surface area contributed by atoms with Crippen LogP contribution in [0.1, 0.15) is 5.69 Å². The highest BCUT2D eigenvalue weighted by Gasteiger charge is 1.98. The van der Waals surface area contributed by atoms with Gasteiger partial charge >= 0.3 is 0 Å². The number of rotatable bonds is 3. The molecule has 0 unspecified atom stereocenters. The lowest BCUT2D eigenvalue weighted by Crippen LogP contribution is -2.03. The highest BCUT2D eigenvalue weighted by molar-refractivity contribution is 9.10. The van der Waals surface area contributed by atoms with Crippen LogP contribution < -0.4 is 5.32 Å². The van der Waals surface area contributed by atoms with Crippen molar-refractivity contribution in [1.29, 1.82) is 0 Å². The summed E-state index contributed by atoms with van der Waals surface area (Å²) in [6, 6.07) is 8.11. The van der Waals surface area contributed by atoms with Crippen molar-refractivity contribution in [2.75, 3.05) is 5.32 Å². The maximum absolute atomic E-state index is 4.07. The second kappa shape index (κ2) is 7.58. The zero-order chi connectivity index (χ0) is 10.7. The average molecular weight is 339 g/mol. The largest absolute Gasteiger partial charge is 0.379 e. The molecule has 0 aliphatic carbocycles. The van der Waals surface area contributed by atoms with Crippen LogP contribution in [0.15, 0.2) is 41.3 Å². The molecule has 0 radical (unpaired) electrons. The molecule has 3 nitrogen and oxygen atoms in total. The molecule has 0 amide bonds. The molecule has 1 N–H and O–H groups in total. The number of nitrogens with zero attached hydrogens (tertiary/aromatic N) is 2. The summed E-state index contributed by atoms with van der Waals surface area (Å²) in [4.78, 5) is 4.07. The van der Waals surface area contributed by atoms with Gasteiger partial charge in [-0.3, -0.25) is 0 Å². The van der Waals surface area contributed by atoms with Crippen molar-refractivity contribution < 1.29 is 0 Å². The maximum Gasteiger partial charge on any atom is 0.0946 e. The third-order valence-electron chi connectivity index (χ3n) is 2.21. The van der Waals surface area contributed by atoms with Gasteiger partial charge in [-0.15, -0.1) is 24.8 Å². The van der Waals surface area contributed by atoms with Gasteiger partial charge in [0.1, 0.15) is 0 Å². The Labute approximate surface area is 122 Å². The van der Waals surface area contributed by atoms with E-state index in [1.807, 2.05) is 36.0 Å². The molecule has 2 rings (SSSR count). The second-order valence-electron chi connectivity index (χ2n) is 3.36. The molecule has 0 atom stereocenters. The molecule has 94 valence electrons. The Morgan fingerprint density at radius 3 is 2.71 bits per heavy atom. The Hall–Kier alpha value is -0.710. The minimum atomic E-state index is 0. The number of hydrogen-bond acceptors (Lipinski definition) is 2. The molecule has 2 aromatic rings. The van der Waals surface area contributed by atoms with E-state index >= 15 is 0 Å². The summed E-state index contributed by atoms with van der Waals surface area (Å²) in [5.41, 5.74) is 2.26. The van der Waals surface area contributed by atoms with Crippen LogP contribution in [0, 0.1) is 0 Å². The summed E-state index contributed by atoms with van der Waals surface area (Å²) in [5.74, 6) is 0. The molecule has 0 bridgehead atoms. The molecule has 0 fully saturated rings. The molecule has 1 heterocycles. The Kier molecular flexibility index (Phi) is 7.27. The van der Waals surface area contributed by atoms with Gasteiger partial charge in [0, 0.05) is 23.4 Å². The van der Waals surface area contributed by atoms with E-state index in [-0.39, 0.29) is 24.8 Å². The number of benzene rings is 1. The van der Waals surface area contributed by atoms with Crippen LogP contribution in [0.5, 0.6) is 0 Å². The lowest BCUT2D eigenvalue weighted by atomic mass is 10.3. The fourth-order valence-electron chi connectivity index (χ4n) is 1.35. The van der Waals surface area contributed by atoms with Crippen molar-refractivity contribution in [2.24, 2.45) is 7.05 Å². The van der Waals surface area contributed by atoms with Crippen LogP contribution in [0.2, 0.25) is 0 Å². The number of anilines is 1. The first kappa shape index (κ1) is 16.3. The summed E-state index contributed by atoms with van der Waals surface area (Å²) in [5, 5.41) is 3.34. The molecule has 0 aliphatic rings. The van der Waals surface area contributed by atoms with Gasteiger partial charge in [0.15, 0.2) is 0 Å². The van der Waals surface area contributed by atoms with Crippen molar-refractivity contribution in [2.45, 2.75) is 6.54 Å². The second-order valence-corrected chi connectivity index (χ2v) is 4.28. The topological polar surface area (TPSA) is 29.9 Å². The van der Waals surface area contributed by atoms with E-state index in [9.17, 15) is 0 Å². The minimum absolute atomic E-state index is 0. The zero-order valence-electron chi connectivity index (χ0n) is 9.26. The minimum Gasteiger partial charge on any atom is -0.379 e. The van der Waals surface area contributed by atoms with Crippen molar-refractivity contribution in [3.63, 3.8) is 0 Å². The SMILES string of the molecule is Cl.Cl.Cn1cncc1CNc1cccc(Br)c1. The van der Waals surface area contributed by atoms with Crippen molar-refractivity contribution in [3.8, 4) is 0 Å². The third kappa shape index (κ3) is 4.58. The lowest BCUT2D eigenvalue weighted by molar-refractivity contribution is 0.837. The van der Waals surface area contributed by atoms with Gasteiger partial charge in [-0.1, -0.05) is 22.0 Å². The number of hydrogen-bond donors (Lipinski definition) is 1. The molecule has 1 aromatic heterocycles. The van der Waals surface area contributed by atoms with Gasteiger partial charge in [0.05, 0.1) is 18.6 Å². The first-order valence-electron chi connectivity index (χ1n) is 4.70. The van der Waals surface area contributed by atoms with E-state index in [0.717, 1.165) is 22.4 Å². The number of imidazole rings is 1. The fraction of sp³-hybridized carbons (Fsp3) is 0.182. The van der Waals surface area contributed by atoms with Crippen LogP contribution in [-0.4, -0.2) is 9.55 Å². The molecule has 0 aliphatic heterocycles. The lowest BCUT2D eigenvalue weighted by Gasteiger charge is -2.06. The summed E-state index contributed by atoms with van der Waals surface area (Å²) in [7, 11) is 1.99. The van der Waals surface area contributed by atoms with Crippen LogP contribution >= 0.6 is 40.7 Å². The number of nitrogens with one attached hydrogen (secondary N) is 1. The summed E-state index contributed by atoms with van der Waals surface area (Å²) >= 11 is 3.44. The highest BCUT2D eigenvalue weighted by atomic mass is 79.9. The third-order valence-corrected chi connectivity index (χ3v) is 2.71. The molecule has 6 heteroatoms. The Morgan fingerprint density at radius 2 is 2.12 bits per heavy atom. The number of halogens is 3. The van der Waals surface area contributed by atoms with E-state index in [1.54, 1.807) is 6.33 Å². The van der Waals surface area contributed by atoms with E-state index in [0.29, 0.717) is 0 Å². The van der Waals surface area contributed by atoms with Gasteiger partial charge < -0.3 is 9.88 Å². The van der Waals surface area contributed by atoms with Crippen molar-refractivity contribution >= 4 is 46.4 Å². The van der Waals surface area contributed by atoms with Gasteiger partial charge in [0.25, 0.3) is 0 Å². The molecule has 17 heavy (non-hydrogen) atoms. The summed E-state index contributed by atoms with van der Waals surface area (Å²) in [6.45, 7) is 0.785. The number of aromatic nitrogens is 2. The predicted octanol–water partition coefficient (Wildman–Crippen LogP) is 3.64. The van der Waals surface area contributed by atoms with E-state index in [2.05, 4.69) is 32.3 Å². The Morgan fingerprint density at radius 1 is 1.35 bits per heavy atom. The van der Waals surface area contributed by atoms with Gasteiger partial charge in [0.2, 0.25) is 0 Å². The van der Waals surface area contributed by atoms with E-state index in [4.69, 9.17) is 0 Å². The Bertz CT molecular complexity index is 459. The quantitative estimate of drug-likeness (QED) is 0.925. The summed E-state index contributed by atoms with van der Waals surface area (Å²) < 4.78 is 3.09. The molecule has 0 saturated heterocycles. The first-order valence-corrected chi connectivity index (χ1v) is 5.49. The number of aryl methyl sites for hydroxylation is 1. The van der Waals surface area contributed by atoms with Crippen LogP contribution in [0.3, 0.4) is 0 Å². The predicted molar refractivity (Wildman–Crippen MR) is 79.2 cm³/mol. The molecule has 0 saturated carbocycles. The van der Waals surface area contributed by atoms with Gasteiger partial charge in [-0.05, 0) is 18.2 Å². The van der Waals surface area contributed by atoms with Gasteiger partial charge in [-0.25, -0.2) is 4.98 Å². The average Bonchev–Trinajstić information content (AvgIpc) is 2.61. The molecule has 0 spiro atoms. The van der Waals surface area contributed by atoms with Crippen LogP contribution in [-0.2, 0) is 13.6 Å². The van der Waals surface area contributed by atoms with Gasteiger partial charge in [-0.2, -0.15) is 0 Å². The molecular weight excluding hydrogens is 325 g/mol. The Balaban J connectivity index is 0.00000128. The normalized spacial score (nSPS) is 9.06. The highest BCUT2D eigenvalue weighted by Crippen LogP contribution is 2.16. The smallest absolute Gasteiger partial charge is 0.0946 e. The van der Waals surface area contributed by atoms with E-state index in [1.165, 1.54) is 0 Å². The fourth-order valence-corrected chi connectivity index (χ4v) is 1.75. The van der Waals surface area contributed by atoms with E-state index < -0.39 is 0 Å². The van der Waals surface area contributed by atoms with Crippen molar-refractivity contribution in [1.82, 2.24) is 9.55 Å². The standard InChI is InChI=1S/C11H12BrN3.2ClH/c1-15-8-13-6-11(15)7-14-10-4-2-3-9(12)5-10;;/h2-6,8,14H,7H2,1H3;2*1H. The van der Waals surface area contributed by atoms with Crippen LogP contribution in [0.25, 0.3) is 0 Å². The first-order chi connectivity index (χ1) is 7.25. The maximum atomic E-state index is 4.07. The zero-order valence-corrected chi connectivity index (χ0v) is 12.5.